The van der Waals surface area contributed by atoms with Gasteiger partial charge in [-0.1, -0.05) is 12.1 Å². The van der Waals surface area contributed by atoms with Gasteiger partial charge in [0.1, 0.15) is 11.5 Å². The van der Waals surface area contributed by atoms with E-state index in [-0.39, 0.29) is 23.7 Å². The molecule has 0 saturated carbocycles. The molecule has 24 heavy (non-hydrogen) atoms. The second-order valence-corrected chi connectivity index (χ2v) is 5.25. The zero-order valence-electron chi connectivity index (χ0n) is 12.8. The zero-order valence-corrected chi connectivity index (χ0v) is 12.8. The number of Topliss-reactive ketones (excluding diaryl/α,β-unsaturated/α-hetero) is 1. The summed E-state index contributed by atoms with van der Waals surface area (Å²) in [5, 5.41) is 19.5. The van der Waals surface area contributed by atoms with Gasteiger partial charge in [0.05, 0.1) is 11.1 Å². The molecular formula is C18H14O6. The molecule has 1 heterocycles. The van der Waals surface area contributed by atoms with E-state index in [9.17, 15) is 19.8 Å². The van der Waals surface area contributed by atoms with Crippen LogP contribution in [0.3, 0.4) is 0 Å². The summed E-state index contributed by atoms with van der Waals surface area (Å²) in [4.78, 5) is 23.7. The van der Waals surface area contributed by atoms with Crippen LogP contribution in [0.1, 0.15) is 33.2 Å². The lowest BCUT2D eigenvalue weighted by atomic mass is 10.0. The molecule has 0 aromatic heterocycles. The molecule has 122 valence electrons. The Morgan fingerprint density at radius 3 is 2.46 bits per heavy atom. The molecule has 1 aliphatic rings. The van der Waals surface area contributed by atoms with Crippen LogP contribution in [0.4, 0.5) is 0 Å². The van der Waals surface area contributed by atoms with Crippen LogP contribution in [0.2, 0.25) is 0 Å². The monoisotopic (exact) mass is 326 g/mol. The van der Waals surface area contributed by atoms with Gasteiger partial charge < -0.3 is 19.7 Å². The van der Waals surface area contributed by atoms with Gasteiger partial charge in [0.15, 0.2) is 23.1 Å². The van der Waals surface area contributed by atoms with Crippen molar-refractivity contribution >= 4 is 17.6 Å². The molecule has 0 amide bonds. The molecule has 0 spiro atoms. The third-order valence-corrected chi connectivity index (χ3v) is 3.58. The number of phenols is 2. The number of rotatable bonds is 4. The van der Waals surface area contributed by atoms with E-state index in [0.29, 0.717) is 11.5 Å². The number of carbonyl (C=O) groups is 2. The Balaban J connectivity index is 1.87. The van der Waals surface area contributed by atoms with Gasteiger partial charge in [-0.05, 0) is 36.8 Å². The highest BCUT2D eigenvalue weighted by atomic mass is 16.7. The number of hydrogen-bond donors (Lipinski definition) is 2. The standard InChI is InChI=1S/C18H14O6/c1-10(19)12-7-13(16(22)8-15(12)21)14(20)4-2-11-3-5-17-18(6-11)24-9-23-17/h2-8,21-22H,9H2,1H3/b4-2+. The molecule has 2 aromatic rings. The first-order chi connectivity index (χ1) is 11.5. The quantitative estimate of drug-likeness (QED) is 0.663. The normalized spacial score (nSPS) is 12.5. The average molecular weight is 326 g/mol. The summed E-state index contributed by atoms with van der Waals surface area (Å²) in [6, 6.07) is 7.38. The van der Waals surface area contributed by atoms with Crippen molar-refractivity contribution in [3.63, 3.8) is 0 Å². The number of hydrogen-bond acceptors (Lipinski definition) is 6. The minimum absolute atomic E-state index is 0.0207. The molecule has 0 aliphatic carbocycles. The first-order valence-corrected chi connectivity index (χ1v) is 7.14. The predicted octanol–water partition coefficient (Wildman–Crippen LogP) is 2.93. The molecule has 2 aromatic carbocycles. The lowest BCUT2D eigenvalue weighted by molar-refractivity contribution is 0.101. The van der Waals surface area contributed by atoms with E-state index in [1.807, 2.05) is 0 Å². The Morgan fingerprint density at radius 2 is 1.71 bits per heavy atom. The van der Waals surface area contributed by atoms with Crippen LogP contribution in [0.5, 0.6) is 23.0 Å². The van der Waals surface area contributed by atoms with Gasteiger partial charge in [-0.2, -0.15) is 0 Å². The summed E-state index contributed by atoms with van der Waals surface area (Å²) in [5.41, 5.74) is 0.639. The Labute approximate surface area is 137 Å². The summed E-state index contributed by atoms with van der Waals surface area (Å²) in [6.45, 7) is 1.43. The molecule has 3 rings (SSSR count). The van der Waals surface area contributed by atoms with E-state index in [2.05, 4.69) is 0 Å². The number of ether oxygens (including phenoxy) is 2. The Kier molecular flexibility index (Phi) is 3.95. The zero-order chi connectivity index (χ0) is 17.3. The molecule has 0 bridgehead atoms. The highest BCUT2D eigenvalue weighted by Gasteiger charge is 2.16. The fraction of sp³-hybridized carbons (Fsp3) is 0.111. The van der Waals surface area contributed by atoms with Crippen molar-refractivity contribution in [3.05, 3.63) is 53.1 Å². The SMILES string of the molecule is CC(=O)c1cc(C(=O)/C=C/c2ccc3c(c2)OCO3)c(O)cc1O. The van der Waals surface area contributed by atoms with Gasteiger partial charge >= 0.3 is 0 Å². The summed E-state index contributed by atoms with van der Waals surface area (Å²) >= 11 is 0. The van der Waals surface area contributed by atoms with Crippen LogP contribution in [-0.2, 0) is 0 Å². The number of allylic oxidation sites excluding steroid dienone is 1. The molecule has 1 aliphatic heterocycles. The van der Waals surface area contributed by atoms with Crippen molar-refractivity contribution in [1.29, 1.82) is 0 Å². The van der Waals surface area contributed by atoms with Gasteiger partial charge in [0, 0.05) is 6.07 Å². The van der Waals surface area contributed by atoms with E-state index in [0.717, 1.165) is 11.6 Å². The van der Waals surface area contributed by atoms with Crippen molar-refractivity contribution in [3.8, 4) is 23.0 Å². The Hall–Kier alpha value is -3.28. The molecule has 2 N–H and O–H groups in total. The van der Waals surface area contributed by atoms with Crippen LogP contribution in [0.15, 0.2) is 36.4 Å². The van der Waals surface area contributed by atoms with Gasteiger partial charge in [0.2, 0.25) is 6.79 Å². The lowest BCUT2D eigenvalue weighted by Crippen LogP contribution is -2.00. The van der Waals surface area contributed by atoms with Crippen molar-refractivity contribution in [2.75, 3.05) is 6.79 Å². The average Bonchev–Trinajstić information content (AvgIpc) is 2.99. The third-order valence-electron chi connectivity index (χ3n) is 3.58. The van der Waals surface area contributed by atoms with Crippen LogP contribution in [-0.4, -0.2) is 28.6 Å². The molecule has 0 saturated heterocycles. The molecule has 0 fully saturated rings. The number of aromatic hydroxyl groups is 2. The van der Waals surface area contributed by atoms with Crippen LogP contribution in [0.25, 0.3) is 6.08 Å². The molecular weight excluding hydrogens is 312 g/mol. The largest absolute Gasteiger partial charge is 0.507 e. The van der Waals surface area contributed by atoms with Gasteiger partial charge in [-0.25, -0.2) is 0 Å². The topological polar surface area (TPSA) is 93.1 Å². The van der Waals surface area contributed by atoms with Crippen LogP contribution >= 0.6 is 0 Å². The van der Waals surface area contributed by atoms with Gasteiger partial charge in [-0.3, -0.25) is 9.59 Å². The fourth-order valence-corrected chi connectivity index (χ4v) is 2.34. The molecule has 6 heteroatoms. The van der Waals surface area contributed by atoms with Crippen molar-refractivity contribution in [2.45, 2.75) is 6.92 Å². The van der Waals surface area contributed by atoms with Crippen LogP contribution in [0, 0.1) is 0 Å². The number of carbonyl (C=O) groups excluding carboxylic acids is 2. The fourth-order valence-electron chi connectivity index (χ4n) is 2.34. The maximum atomic E-state index is 12.3. The Bertz CT molecular complexity index is 866. The second kappa shape index (κ2) is 6.08. The number of benzene rings is 2. The minimum atomic E-state index is -0.493. The Morgan fingerprint density at radius 1 is 1.00 bits per heavy atom. The van der Waals surface area contributed by atoms with Crippen molar-refractivity contribution < 1.29 is 29.3 Å². The van der Waals surface area contributed by atoms with Gasteiger partial charge in [-0.15, -0.1) is 0 Å². The second-order valence-electron chi connectivity index (χ2n) is 5.25. The predicted molar refractivity (Wildman–Crippen MR) is 85.7 cm³/mol. The van der Waals surface area contributed by atoms with Gasteiger partial charge in [0.25, 0.3) is 0 Å². The van der Waals surface area contributed by atoms with Crippen LogP contribution < -0.4 is 9.47 Å². The molecule has 6 nitrogen and oxygen atoms in total. The van der Waals surface area contributed by atoms with E-state index < -0.39 is 17.3 Å². The molecule has 0 unspecified atom stereocenters. The van der Waals surface area contributed by atoms with E-state index in [1.54, 1.807) is 24.3 Å². The van der Waals surface area contributed by atoms with E-state index >= 15 is 0 Å². The van der Waals surface area contributed by atoms with Crippen molar-refractivity contribution in [2.24, 2.45) is 0 Å². The van der Waals surface area contributed by atoms with E-state index in [1.165, 1.54) is 19.1 Å². The minimum Gasteiger partial charge on any atom is -0.507 e. The highest BCUT2D eigenvalue weighted by Crippen LogP contribution is 2.33. The molecule has 0 radical (unpaired) electrons. The number of ketones is 2. The maximum Gasteiger partial charge on any atom is 0.231 e. The summed E-state index contributed by atoms with van der Waals surface area (Å²) in [5.74, 6) is -0.417. The summed E-state index contributed by atoms with van der Waals surface area (Å²) < 4.78 is 10.5. The summed E-state index contributed by atoms with van der Waals surface area (Å²) in [7, 11) is 0. The number of fused-ring (bicyclic) bond motifs is 1. The third kappa shape index (κ3) is 2.94. The van der Waals surface area contributed by atoms with E-state index in [4.69, 9.17) is 9.47 Å². The molecule has 0 atom stereocenters. The lowest BCUT2D eigenvalue weighted by Gasteiger charge is -2.06. The first-order valence-electron chi connectivity index (χ1n) is 7.14. The smallest absolute Gasteiger partial charge is 0.231 e. The summed E-state index contributed by atoms with van der Waals surface area (Å²) in [6.07, 6.45) is 2.83. The first kappa shape index (κ1) is 15.6. The maximum absolute atomic E-state index is 12.3. The van der Waals surface area contributed by atoms with Crippen molar-refractivity contribution in [1.82, 2.24) is 0 Å². The number of phenolic OH excluding ortho intramolecular Hbond substituents is 2. The highest BCUT2D eigenvalue weighted by molar-refractivity contribution is 6.10.